The molecule has 0 spiro atoms. The Labute approximate surface area is 131 Å². The van der Waals surface area contributed by atoms with Crippen LogP contribution < -0.4 is 11.1 Å². The number of primary amides is 1. The first-order chi connectivity index (χ1) is 11.0. The van der Waals surface area contributed by atoms with Gasteiger partial charge in [-0.05, 0) is 11.6 Å². The Kier molecular flexibility index (Phi) is 2.90. The third-order valence-corrected chi connectivity index (χ3v) is 4.61. The molecule has 0 bridgehead atoms. The van der Waals surface area contributed by atoms with Crippen LogP contribution in [0.25, 0.3) is 10.9 Å². The highest BCUT2D eigenvalue weighted by atomic mass is 16.2. The topological polar surface area (TPSA) is 108 Å². The van der Waals surface area contributed by atoms with Gasteiger partial charge in [-0.15, -0.1) is 0 Å². The van der Waals surface area contributed by atoms with E-state index in [9.17, 15) is 14.4 Å². The largest absolute Gasteiger partial charge is 0.370 e. The third-order valence-electron chi connectivity index (χ3n) is 4.61. The number of H-pyrrole nitrogens is 1. The summed E-state index contributed by atoms with van der Waals surface area (Å²) in [5.74, 6) is -1.09. The minimum atomic E-state index is -0.859. The van der Waals surface area contributed by atoms with E-state index >= 15 is 0 Å². The smallest absolute Gasteiger partial charge is 0.246 e. The molecule has 1 fully saturated rings. The number of nitrogens with zero attached hydrogens (tertiary/aromatic N) is 1. The number of hydrogen-bond acceptors (Lipinski definition) is 3. The number of piperazine rings is 1. The molecule has 1 saturated heterocycles. The summed E-state index contributed by atoms with van der Waals surface area (Å²) in [7, 11) is 0. The Morgan fingerprint density at radius 2 is 2.09 bits per heavy atom. The van der Waals surface area contributed by atoms with Crippen LogP contribution in [-0.2, 0) is 27.3 Å². The fourth-order valence-corrected chi connectivity index (χ4v) is 3.54. The van der Waals surface area contributed by atoms with Gasteiger partial charge in [0.05, 0.1) is 13.0 Å². The number of carbonyl (C=O) groups excluding carboxylic acids is 3. The molecule has 0 saturated carbocycles. The summed E-state index contributed by atoms with van der Waals surface area (Å²) in [6.45, 7) is 0.343. The lowest BCUT2D eigenvalue weighted by atomic mass is 9.92. The van der Waals surface area contributed by atoms with Crippen LogP contribution in [-0.4, -0.2) is 39.7 Å². The van der Waals surface area contributed by atoms with E-state index in [-0.39, 0.29) is 18.2 Å². The maximum atomic E-state index is 12.6. The van der Waals surface area contributed by atoms with Crippen molar-refractivity contribution in [3.63, 3.8) is 0 Å². The Morgan fingerprint density at radius 1 is 1.30 bits per heavy atom. The molecule has 4 rings (SSSR count). The number of para-hydroxylation sites is 1. The summed E-state index contributed by atoms with van der Waals surface area (Å²) < 4.78 is 0. The van der Waals surface area contributed by atoms with Gasteiger partial charge in [-0.3, -0.25) is 14.4 Å². The number of nitrogens with one attached hydrogen (secondary N) is 2. The van der Waals surface area contributed by atoms with Gasteiger partial charge in [0.15, 0.2) is 0 Å². The molecular weight excluding hydrogens is 296 g/mol. The Balaban J connectivity index is 1.72. The molecular formula is C16H16N4O3. The number of rotatable bonds is 2. The zero-order chi connectivity index (χ0) is 16.1. The lowest BCUT2D eigenvalue weighted by Crippen LogP contribution is -2.65. The number of aromatic amines is 1. The van der Waals surface area contributed by atoms with Crippen LogP contribution in [0.5, 0.6) is 0 Å². The van der Waals surface area contributed by atoms with Crippen molar-refractivity contribution < 1.29 is 14.4 Å². The van der Waals surface area contributed by atoms with E-state index in [1.54, 1.807) is 4.90 Å². The van der Waals surface area contributed by atoms with Gasteiger partial charge < -0.3 is 20.9 Å². The predicted octanol–water partition coefficient (Wildman–Crippen LogP) is -0.205. The summed E-state index contributed by atoms with van der Waals surface area (Å²) in [6.07, 6.45) is 0.299. The number of hydrogen-bond donors (Lipinski definition) is 3. The van der Waals surface area contributed by atoms with Gasteiger partial charge in [0, 0.05) is 23.0 Å². The van der Waals surface area contributed by atoms with Crippen LogP contribution in [0.1, 0.15) is 17.7 Å². The summed E-state index contributed by atoms with van der Waals surface area (Å²) in [5.41, 5.74) is 8.19. The molecule has 3 heterocycles. The Bertz CT molecular complexity index is 841. The lowest BCUT2D eigenvalue weighted by molar-refractivity contribution is -0.151. The molecule has 118 valence electrons. The number of aromatic nitrogens is 1. The van der Waals surface area contributed by atoms with E-state index in [0.717, 1.165) is 22.2 Å². The summed E-state index contributed by atoms with van der Waals surface area (Å²) in [5, 5.41) is 3.71. The molecule has 4 N–H and O–H groups in total. The van der Waals surface area contributed by atoms with Gasteiger partial charge >= 0.3 is 0 Å². The van der Waals surface area contributed by atoms with E-state index in [0.29, 0.717) is 13.0 Å². The van der Waals surface area contributed by atoms with Crippen LogP contribution >= 0.6 is 0 Å². The minimum Gasteiger partial charge on any atom is -0.370 e. The number of amides is 3. The normalized spacial score (nSPS) is 23.4. The van der Waals surface area contributed by atoms with Crippen molar-refractivity contribution in [3.8, 4) is 0 Å². The first kappa shape index (κ1) is 13.8. The number of benzene rings is 1. The van der Waals surface area contributed by atoms with E-state index in [4.69, 9.17) is 5.73 Å². The van der Waals surface area contributed by atoms with Crippen LogP contribution in [0, 0.1) is 0 Å². The van der Waals surface area contributed by atoms with Crippen molar-refractivity contribution in [1.29, 1.82) is 0 Å². The molecule has 2 atom stereocenters. The number of nitrogens with two attached hydrogens (primary N) is 1. The molecule has 0 unspecified atom stereocenters. The van der Waals surface area contributed by atoms with Crippen LogP contribution in [0.15, 0.2) is 24.3 Å². The molecule has 3 amide bonds. The van der Waals surface area contributed by atoms with Gasteiger partial charge in [0.25, 0.3) is 0 Å². The van der Waals surface area contributed by atoms with Crippen LogP contribution in [0.4, 0.5) is 0 Å². The van der Waals surface area contributed by atoms with Crippen molar-refractivity contribution in [2.75, 3.05) is 0 Å². The molecule has 7 heteroatoms. The fraction of sp³-hybridized carbons (Fsp3) is 0.312. The van der Waals surface area contributed by atoms with Gasteiger partial charge in [0.1, 0.15) is 12.1 Å². The molecule has 2 aliphatic rings. The monoisotopic (exact) mass is 312 g/mol. The average molecular weight is 312 g/mol. The molecule has 7 nitrogen and oxygen atoms in total. The van der Waals surface area contributed by atoms with Crippen LogP contribution in [0.3, 0.4) is 0 Å². The summed E-state index contributed by atoms with van der Waals surface area (Å²) in [4.78, 5) is 40.9. The third kappa shape index (κ3) is 2.08. The molecule has 0 radical (unpaired) electrons. The molecule has 0 aliphatic carbocycles. The Morgan fingerprint density at radius 3 is 2.87 bits per heavy atom. The summed E-state index contributed by atoms with van der Waals surface area (Å²) in [6, 6.07) is 6.50. The maximum Gasteiger partial charge on any atom is 0.246 e. The summed E-state index contributed by atoms with van der Waals surface area (Å²) >= 11 is 0. The van der Waals surface area contributed by atoms with E-state index < -0.39 is 18.0 Å². The SMILES string of the molecule is NC(=O)C[C@@H]1NC(=O)[C@@H]2Cc3c([nH]c4ccccc34)CN2C1=O. The van der Waals surface area contributed by atoms with E-state index in [1.807, 2.05) is 24.3 Å². The molecule has 23 heavy (non-hydrogen) atoms. The number of carbonyl (C=O) groups is 3. The first-order valence-corrected chi connectivity index (χ1v) is 7.52. The second-order valence-corrected chi connectivity index (χ2v) is 6.05. The quantitative estimate of drug-likeness (QED) is 0.714. The van der Waals surface area contributed by atoms with E-state index in [2.05, 4.69) is 10.3 Å². The van der Waals surface area contributed by atoms with Gasteiger partial charge in [-0.1, -0.05) is 18.2 Å². The minimum absolute atomic E-state index is 0.173. The second kappa shape index (κ2) is 4.84. The predicted molar refractivity (Wildman–Crippen MR) is 82.1 cm³/mol. The first-order valence-electron chi connectivity index (χ1n) is 7.52. The van der Waals surface area contributed by atoms with Crippen molar-refractivity contribution in [2.45, 2.75) is 31.5 Å². The molecule has 1 aromatic carbocycles. The molecule has 1 aromatic heterocycles. The average Bonchev–Trinajstić information content (AvgIpc) is 2.88. The van der Waals surface area contributed by atoms with Crippen LogP contribution in [0.2, 0.25) is 0 Å². The Hall–Kier alpha value is -2.83. The highest BCUT2D eigenvalue weighted by molar-refractivity contribution is 6.00. The van der Waals surface area contributed by atoms with Crippen molar-refractivity contribution in [2.24, 2.45) is 5.73 Å². The standard InChI is InChI=1S/C16H16N4O3/c17-14(21)6-11-16(23)20-7-12-9(5-13(20)15(22)19-11)8-3-1-2-4-10(8)18-12/h1-4,11,13,18H,5-7H2,(H2,17,21)(H,19,22)/t11-,13-/m0/s1. The second-order valence-electron chi connectivity index (χ2n) is 6.05. The molecule has 2 aromatic rings. The zero-order valence-corrected chi connectivity index (χ0v) is 12.3. The zero-order valence-electron chi connectivity index (χ0n) is 12.3. The number of fused-ring (bicyclic) bond motifs is 4. The van der Waals surface area contributed by atoms with Crippen molar-refractivity contribution >= 4 is 28.6 Å². The highest BCUT2D eigenvalue weighted by Gasteiger charge is 2.44. The fourth-order valence-electron chi connectivity index (χ4n) is 3.54. The van der Waals surface area contributed by atoms with Crippen molar-refractivity contribution in [3.05, 3.63) is 35.5 Å². The van der Waals surface area contributed by atoms with E-state index in [1.165, 1.54) is 0 Å². The van der Waals surface area contributed by atoms with Crippen molar-refractivity contribution in [1.82, 2.24) is 15.2 Å². The maximum absolute atomic E-state index is 12.6. The highest BCUT2D eigenvalue weighted by Crippen LogP contribution is 2.32. The lowest BCUT2D eigenvalue weighted by Gasteiger charge is -2.41. The van der Waals surface area contributed by atoms with Gasteiger partial charge in [0.2, 0.25) is 17.7 Å². The van der Waals surface area contributed by atoms with Gasteiger partial charge in [-0.2, -0.15) is 0 Å². The molecule has 2 aliphatic heterocycles. The van der Waals surface area contributed by atoms with Gasteiger partial charge in [-0.25, -0.2) is 0 Å².